The maximum absolute atomic E-state index is 2.78. The minimum atomic E-state index is -0.0751. The fourth-order valence-electron chi connectivity index (χ4n) is 11.9. The molecule has 5 heterocycles. The predicted molar refractivity (Wildman–Crippen MR) is 299 cm³/mol. The lowest BCUT2D eigenvalue weighted by atomic mass is 9.45. The zero-order chi connectivity index (χ0) is 47.8. The summed E-state index contributed by atoms with van der Waals surface area (Å²) in [4.78, 5) is 5.00. The van der Waals surface area contributed by atoms with Crippen LogP contribution in [0.3, 0.4) is 0 Å². The summed E-state index contributed by atoms with van der Waals surface area (Å²) in [6.45, 7) is 28.3. The number of hydrogen-bond acceptors (Lipinski definition) is 2. The Morgan fingerprint density at radius 1 is 0.420 bits per heavy atom. The van der Waals surface area contributed by atoms with Gasteiger partial charge < -0.3 is 13.9 Å². The highest BCUT2D eigenvalue weighted by molar-refractivity contribution is 7.99. The van der Waals surface area contributed by atoms with Gasteiger partial charge in [0.1, 0.15) is 0 Å². The molecule has 2 aromatic heterocycles. The second-order valence-corrected chi connectivity index (χ2v) is 25.4. The molecule has 340 valence electrons. The van der Waals surface area contributed by atoms with E-state index < -0.39 is 0 Å². The molecule has 3 aliphatic heterocycles. The van der Waals surface area contributed by atoms with Crippen LogP contribution in [0.15, 0.2) is 155 Å². The molecule has 3 nitrogen and oxygen atoms in total. The molecule has 0 fully saturated rings. The number of hydrogen-bond donors (Lipinski definition) is 0. The van der Waals surface area contributed by atoms with E-state index in [1.165, 1.54) is 126 Å². The summed E-state index contributed by atoms with van der Waals surface area (Å²) in [6.07, 6.45) is 0. The fraction of sp³-hybridized carbons (Fsp3) is 0.250. The standard InChI is InChI=1S/C64H60BN3S/c1-61(2,3)38-24-28-50-45(31-38)47-34-40(63(7,8)9)35-49-59(47)67(50)54-36-41(64(10,11)12)33-46-44-27-26-43(57-48-32-39(62(4,5)6)25-29-51(48)68(60(44)57)65(49)58(46)54)37-18-17-19-42(30-37)66-52-20-13-15-22-55(52)69-56-23-16-14-21-53(56)66/h13-36H,1-12H3. The van der Waals surface area contributed by atoms with Gasteiger partial charge in [-0.2, -0.15) is 0 Å². The van der Waals surface area contributed by atoms with Crippen LogP contribution in [0.5, 0.6) is 0 Å². The summed E-state index contributed by atoms with van der Waals surface area (Å²) < 4.78 is 5.43. The zero-order valence-corrected chi connectivity index (χ0v) is 43.0. The fourth-order valence-corrected chi connectivity index (χ4v) is 13.0. The summed E-state index contributed by atoms with van der Waals surface area (Å²) in [5.41, 5.74) is 23.4. The first-order valence-electron chi connectivity index (χ1n) is 25.0. The van der Waals surface area contributed by atoms with Crippen LogP contribution in [0.2, 0.25) is 0 Å². The molecule has 0 aliphatic carbocycles. The van der Waals surface area contributed by atoms with Crippen molar-refractivity contribution in [3.05, 3.63) is 168 Å². The molecule has 0 spiro atoms. The van der Waals surface area contributed by atoms with E-state index in [1.54, 1.807) is 0 Å². The smallest absolute Gasteiger partial charge is 0.333 e. The molecule has 0 saturated heterocycles. The highest BCUT2D eigenvalue weighted by atomic mass is 32.2. The van der Waals surface area contributed by atoms with Crippen molar-refractivity contribution >= 4 is 90.2 Å². The van der Waals surface area contributed by atoms with Gasteiger partial charge in [-0.25, -0.2) is 0 Å². The molecule has 5 heteroatoms. The molecule has 0 unspecified atom stereocenters. The van der Waals surface area contributed by atoms with Gasteiger partial charge in [0.15, 0.2) is 0 Å². The van der Waals surface area contributed by atoms with Crippen molar-refractivity contribution in [2.45, 2.75) is 115 Å². The van der Waals surface area contributed by atoms with Crippen molar-refractivity contribution < 1.29 is 0 Å². The van der Waals surface area contributed by atoms with E-state index in [9.17, 15) is 0 Å². The quantitative estimate of drug-likeness (QED) is 0.160. The Morgan fingerprint density at radius 3 is 1.65 bits per heavy atom. The molecule has 3 aliphatic rings. The van der Waals surface area contributed by atoms with E-state index in [0.717, 1.165) is 5.69 Å². The number of para-hydroxylation sites is 2. The summed E-state index contributed by atoms with van der Waals surface area (Å²) in [5, 5.41) is 5.34. The van der Waals surface area contributed by atoms with Crippen LogP contribution in [-0.2, 0) is 21.7 Å². The van der Waals surface area contributed by atoms with E-state index >= 15 is 0 Å². The number of rotatable bonds is 2. The number of nitrogens with zero attached hydrogens (tertiary/aromatic N) is 3. The topological polar surface area (TPSA) is 13.1 Å². The number of fused-ring (bicyclic) bond motifs is 12. The minimum absolute atomic E-state index is 0.0193. The summed E-state index contributed by atoms with van der Waals surface area (Å²) >= 11 is 1.86. The van der Waals surface area contributed by atoms with Crippen LogP contribution < -0.4 is 15.8 Å². The van der Waals surface area contributed by atoms with Gasteiger partial charge in [-0.1, -0.05) is 168 Å². The van der Waals surface area contributed by atoms with Crippen LogP contribution in [0.4, 0.5) is 17.1 Å². The first kappa shape index (κ1) is 42.7. The lowest BCUT2D eigenvalue weighted by Gasteiger charge is -2.36. The van der Waals surface area contributed by atoms with Crippen molar-refractivity contribution in [3.63, 3.8) is 0 Å². The number of anilines is 3. The molecule has 0 bridgehead atoms. The Hall–Kier alpha value is -6.43. The molecule has 8 aromatic carbocycles. The maximum Gasteiger partial charge on any atom is 0.333 e. The largest absolute Gasteiger partial charge is 0.375 e. The third-order valence-electron chi connectivity index (χ3n) is 15.7. The maximum atomic E-state index is 2.78. The molecule has 0 N–H and O–H groups in total. The average Bonchev–Trinajstić information content (AvgIpc) is 3.83. The van der Waals surface area contributed by atoms with Crippen molar-refractivity contribution in [3.8, 4) is 27.9 Å². The van der Waals surface area contributed by atoms with Crippen LogP contribution >= 0.6 is 11.8 Å². The number of benzene rings is 8. The Bertz CT molecular complexity index is 3830. The van der Waals surface area contributed by atoms with Crippen LogP contribution in [0.25, 0.3) is 71.6 Å². The van der Waals surface area contributed by atoms with Gasteiger partial charge in [-0.3, -0.25) is 0 Å². The SMILES string of the molecule is CC(C)(C)c1cc2c3c(c1)-n1c4ccc(C(C)(C)C)cc4c4cc(C(C)(C)C)cc(c41)B3n1c3ccc(C(C)(C)C)cc3c3c(-c4cccc(N5c6ccccc6Sc6ccccc65)c4)ccc-2c31. The van der Waals surface area contributed by atoms with E-state index in [4.69, 9.17) is 0 Å². The van der Waals surface area contributed by atoms with Gasteiger partial charge in [0.2, 0.25) is 0 Å². The molecule has 69 heavy (non-hydrogen) atoms. The lowest BCUT2D eigenvalue weighted by Crippen LogP contribution is -2.55. The van der Waals surface area contributed by atoms with Gasteiger partial charge in [-0.15, -0.1) is 0 Å². The first-order chi connectivity index (χ1) is 32.8. The Balaban J connectivity index is 1.16. The van der Waals surface area contributed by atoms with Gasteiger partial charge in [0, 0.05) is 59.3 Å². The second-order valence-electron chi connectivity index (χ2n) is 24.3. The van der Waals surface area contributed by atoms with Gasteiger partial charge in [0.05, 0.1) is 22.4 Å². The third-order valence-corrected chi connectivity index (χ3v) is 16.8. The monoisotopic (exact) mass is 913 g/mol. The molecule has 0 amide bonds. The molecule has 10 aromatic rings. The van der Waals surface area contributed by atoms with E-state index in [-0.39, 0.29) is 28.5 Å². The Morgan fingerprint density at radius 2 is 1.00 bits per heavy atom. The Kier molecular flexibility index (Phi) is 8.72. The zero-order valence-electron chi connectivity index (χ0n) is 42.2. The van der Waals surface area contributed by atoms with Gasteiger partial charge in [0.25, 0.3) is 0 Å². The van der Waals surface area contributed by atoms with Crippen LogP contribution in [0, 0.1) is 0 Å². The van der Waals surface area contributed by atoms with Crippen molar-refractivity contribution in [1.82, 2.24) is 9.05 Å². The molecular weight excluding hydrogens is 854 g/mol. The highest BCUT2D eigenvalue weighted by Gasteiger charge is 2.43. The third kappa shape index (κ3) is 6.15. The molecule has 13 rings (SSSR count). The van der Waals surface area contributed by atoms with Crippen molar-refractivity contribution in [1.29, 1.82) is 0 Å². The lowest BCUT2D eigenvalue weighted by molar-refractivity contribution is 0.590. The second kappa shape index (κ2) is 14.1. The summed E-state index contributed by atoms with van der Waals surface area (Å²) in [5.74, 6) is 0. The van der Waals surface area contributed by atoms with E-state index in [2.05, 4.69) is 243 Å². The number of aromatic nitrogens is 2. The van der Waals surface area contributed by atoms with Crippen molar-refractivity contribution in [2.24, 2.45) is 0 Å². The summed E-state index contributed by atoms with van der Waals surface area (Å²) in [6, 6.07) is 56.8. The average molecular weight is 914 g/mol. The normalized spacial score (nSPS) is 14.3. The molecule has 0 radical (unpaired) electrons. The van der Waals surface area contributed by atoms with E-state index in [0.29, 0.717) is 0 Å². The van der Waals surface area contributed by atoms with Gasteiger partial charge in [-0.05, 0) is 144 Å². The Labute approximate surface area is 412 Å². The highest BCUT2D eigenvalue weighted by Crippen LogP contribution is 2.53. The summed E-state index contributed by atoms with van der Waals surface area (Å²) in [7, 11) is 0. The molecular formula is C64H60BN3S. The van der Waals surface area contributed by atoms with Gasteiger partial charge >= 0.3 is 6.85 Å². The molecule has 0 atom stereocenters. The minimum Gasteiger partial charge on any atom is -0.375 e. The molecule has 0 saturated carbocycles. The van der Waals surface area contributed by atoms with Crippen LogP contribution in [0.1, 0.15) is 105 Å². The predicted octanol–water partition coefficient (Wildman–Crippen LogP) is 16.6. The van der Waals surface area contributed by atoms with Crippen LogP contribution in [-0.4, -0.2) is 15.9 Å². The first-order valence-corrected chi connectivity index (χ1v) is 25.8. The van der Waals surface area contributed by atoms with Crippen molar-refractivity contribution in [2.75, 3.05) is 4.90 Å². The van der Waals surface area contributed by atoms with E-state index in [1.807, 2.05) is 11.8 Å².